The number of carbonyl (C=O) groups excluding carboxylic acids is 1. The van der Waals surface area contributed by atoms with Crippen LogP contribution in [-0.4, -0.2) is 41.4 Å². The molecule has 0 aliphatic carbocycles. The molecule has 3 heterocycles. The topological polar surface area (TPSA) is 23.6 Å². The fourth-order valence-electron chi connectivity index (χ4n) is 4.59. The number of hydrogen-bond acceptors (Lipinski definition) is 3. The van der Waals surface area contributed by atoms with Gasteiger partial charge in [0.15, 0.2) is 0 Å². The molecule has 0 N–H and O–H groups in total. The smallest absolute Gasteiger partial charge is 0.219 e. The molecule has 2 aromatic rings. The highest BCUT2D eigenvalue weighted by atomic mass is 32.1. The van der Waals surface area contributed by atoms with Crippen molar-refractivity contribution in [3.63, 3.8) is 0 Å². The summed E-state index contributed by atoms with van der Waals surface area (Å²) in [6, 6.07) is 15.5. The van der Waals surface area contributed by atoms with E-state index < -0.39 is 0 Å². The van der Waals surface area contributed by atoms with Crippen molar-refractivity contribution >= 4 is 17.2 Å². The van der Waals surface area contributed by atoms with Crippen molar-refractivity contribution in [1.82, 2.24) is 9.80 Å². The third-order valence-electron chi connectivity index (χ3n) is 5.83. The quantitative estimate of drug-likeness (QED) is 0.854. The third kappa shape index (κ3) is 2.68. The number of carbonyl (C=O) groups is 1. The first-order chi connectivity index (χ1) is 11.7. The molecule has 1 aromatic heterocycles. The minimum atomic E-state index is 0.138. The second kappa shape index (κ2) is 6.34. The van der Waals surface area contributed by atoms with Crippen LogP contribution in [0.1, 0.15) is 30.2 Å². The zero-order chi connectivity index (χ0) is 16.6. The Morgan fingerprint density at radius 3 is 2.67 bits per heavy atom. The summed E-state index contributed by atoms with van der Waals surface area (Å²) in [5.74, 6) is 0.218. The van der Waals surface area contributed by atoms with Gasteiger partial charge < -0.3 is 4.90 Å². The number of amides is 1. The number of hydrogen-bond donors (Lipinski definition) is 0. The molecule has 2 aliphatic heterocycles. The van der Waals surface area contributed by atoms with Gasteiger partial charge in [0.2, 0.25) is 5.91 Å². The van der Waals surface area contributed by atoms with E-state index in [9.17, 15) is 4.79 Å². The first-order valence-electron chi connectivity index (χ1n) is 8.76. The lowest BCUT2D eigenvalue weighted by atomic mass is 9.69. The molecule has 0 saturated carbocycles. The third-order valence-corrected chi connectivity index (χ3v) is 6.69. The van der Waals surface area contributed by atoms with Gasteiger partial charge in [-0.2, -0.15) is 0 Å². The molecule has 4 rings (SSSR count). The van der Waals surface area contributed by atoms with E-state index in [2.05, 4.69) is 57.6 Å². The van der Waals surface area contributed by atoms with Gasteiger partial charge in [0.25, 0.3) is 0 Å². The largest absolute Gasteiger partial charge is 0.338 e. The normalized spacial score (nSPS) is 27.2. The Kier molecular flexibility index (Phi) is 4.19. The van der Waals surface area contributed by atoms with Crippen molar-refractivity contribution < 1.29 is 4.79 Å². The summed E-state index contributed by atoms with van der Waals surface area (Å²) < 4.78 is 0. The number of piperidine rings is 1. The molecule has 3 nitrogen and oxygen atoms in total. The lowest BCUT2D eigenvalue weighted by molar-refractivity contribution is -0.131. The molecule has 2 saturated heterocycles. The van der Waals surface area contributed by atoms with E-state index in [0.29, 0.717) is 6.04 Å². The summed E-state index contributed by atoms with van der Waals surface area (Å²) in [7, 11) is 0. The number of thiophene rings is 1. The molecule has 126 valence electrons. The molecule has 0 bridgehead atoms. The Labute approximate surface area is 147 Å². The van der Waals surface area contributed by atoms with Crippen LogP contribution in [0.3, 0.4) is 0 Å². The van der Waals surface area contributed by atoms with E-state index >= 15 is 0 Å². The lowest BCUT2D eigenvalue weighted by Crippen LogP contribution is -2.56. The monoisotopic (exact) mass is 340 g/mol. The van der Waals surface area contributed by atoms with Gasteiger partial charge in [0.05, 0.1) is 6.04 Å². The highest BCUT2D eigenvalue weighted by Gasteiger charge is 2.51. The van der Waals surface area contributed by atoms with E-state index in [4.69, 9.17) is 0 Å². The van der Waals surface area contributed by atoms with Crippen LogP contribution >= 0.6 is 11.3 Å². The molecule has 2 atom stereocenters. The van der Waals surface area contributed by atoms with Crippen molar-refractivity contribution in [2.45, 2.75) is 37.8 Å². The van der Waals surface area contributed by atoms with Gasteiger partial charge in [-0.05, 0) is 36.4 Å². The van der Waals surface area contributed by atoms with Crippen LogP contribution in [0.25, 0.3) is 0 Å². The van der Waals surface area contributed by atoms with Crippen LogP contribution in [0.2, 0.25) is 0 Å². The Hall–Kier alpha value is -1.65. The standard InChI is InChI=1S/C20H24N2OS/c1-16(23)22-12-10-20(17-6-3-2-4-7-17)9-11-21(15-19(20)22)14-18-8-5-13-24-18/h2-8,13,19H,9-12,14-15H2,1H3/t19-,20+/m1/s1. The molecular formula is C20H24N2OS. The maximum absolute atomic E-state index is 12.2. The predicted octanol–water partition coefficient (Wildman–Crippen LogP) is 3.51. The Balaban J connectivity index is 1.62. The summed E-state index contributed by atoms with van der Waals surface area (Å²) in [5, 5.41) is 2.14. The zero-order valence-corrected chi connectivity index (χ0v) is 15.0. The number of benzene rings is 1. The molecule has 1 amide bonds. The van der Waals surface area contributed by atoms with Crippen LogP contribution in [-0.2, 0) is 16.8 Å². The Morgan fingerprint density at radius 1 is 1.17 bits per heavy atom. The average Bonchev–Trinajstić information content (AvgIpc) is 3.23. The molecule has 0 spiro atoms. The van der Waals surface area contributed by atoms with E-state index in [0.717, 1.165) is 39.0 Å². The maximum atomic E-state index is 12.2. The van der Waals surface area contributed by atoms with Gasteiger partial charge >= 0.3 is 0 Å². The molecule has 2 fully saturated rings. The zero-order valence-electron chi connectivity index (χ0n) is 14.1. The highest BCUT2D eigenvalue weighted by Crippen LogP contribution is 2.46. The second-order valence-corrected chi connectivity index (χ2v) is 8.10. The van der Waals surface area contributed by atoms with Crippen molar-refractivity contribution in [2.75, 3.05) is 19.6 Å². The van der Waals surface area contributed by atoms with E-state index in [-0.39, 0.29) is 11.3 Å². The number of rotatable bonds is 3. The van der Waals surface area contributed by atoms with Crippen molar-refractivity contribution in [3.05, 3.63) is 58.3 Å². The summed E-state index contributed by atoms with van der Waals surface area (Å²) >= 11 is 1.82. The van der Waals surface area contributed by atoms with Crippen LogP contribution in [0.5, 0.6) is 0 Å². The average molecular weight is 340 g/mol. The van der Waals surface area contributed by atoms with Crippen LogP contribution in [0, 0.1) is 0 Å². The predicted molar refractivity (Wildman–Crippen MR) is 98.1 cm³/mol. The van der Waals surface area contributed by atoms with Crippen molar-refractivity contribution in [2.24, 2.45) is 0 Å². The molecule has 1 aromatic carbocycles. The molecule has 2 aliphatic rings. The van der Waals surface area contributed by atoms with Gasteiger partial charge in [-0.3, -0.25) is 9.69 Å². The fourth-order valence-corrected chi connectivity index (χ4v) is 5.34. The van der Waals surface area contributed by atoms with Gasteiger partial charge in [-0.1, -0.05) is 36.4 Å². The van der Waals surface area contributed by atoms with Gasteiger partial charge in [-0.15, -0.1) is 11.3 Å². The van der Waals surface area contributed by atoms with Crippen LogP contribution < -0.4 is 0 Å². The van der Waals surface area contributed by atoms with Crippen molar-refractivity contribution in [1.29, 1.82) is 0 Å². The van der Waals surface area contributed by atoms with Gasteiger partial charge in [0, 0.05) is 36.9 Å². The molecule has 24 heavy (non-hydrogen) atoms. The highest BCUT2D eigenvalue weighted by molar-refractivity contribution is 7.09. The molecular weight excluding hydrogens is 316 g/mol. The SMILES string of the molecule is CC(=O)N1CC[C@]2(c3ccccc3)CCN(Cc3cccs3)C[C@@H]12. The molecule has 0 radical (unpaired) electrons. The van der Waals surface area contributed by atoms with Crippen LogP contribution in [0.15, 0.2) is 47.8 Å². The number of likely N-dealkylation sites (tertiary alicyclic amines) is 2. The van der Waals surface area contributed by atoms with Crippen LogP contribution in [0.4, 0.5) is 0 Å². The Morgan fingerprint density at radius 2 is 1.96 bits per heavy atom. The van der Waals surface area contributed by atoms with E-state index in [1.54, 1.807) is 6.92 Å². The maximum Gasteiger partial charge on any atom is 0.219 e. The van der Waals surface area contributed by atoms with E-state index in [1.165, 1.54) is 10.4 Å². The fraction of sp³-hybridized carbons (Fsp3) is 0.450. The van der Waals surface area contributed by atoms with Gasteiger partial charge in [0.1, 0.15) is 0 Å². The number of nitrogens with zero attached hydrogens (tertiary/aromatic N) is 2. The lowest BCUT2D eigenvalue weighted by Gasteiger charge is -2.46. The first-order valence-corrected chi connectivity index (χ1v) is 9.64. The minimum Gasteiger partial charge on any atom is -0.338 e. The first kappa shape index (κ1) is 15.9. The summed E-state index contributed by atoms with van der Waals surface area (Å²) in [4.78, 5) is 18.3. The summed E-state index contributed by atoms with van der Waals surface area (Å²) in [6.45, 7) is 5.70. The summed E-state index contributed by atoms with van der Waals surface area (Å²) in [6.07, 6.45) is 2.23. The van der Waals surface area contributed by atoms with Gasteiger partial charge in [-0.25, -0.2) is 0 Å². The minimum absolute atomic E-state index is 0.138. The Bertz CT molecular complexity index is 700. The van der Waals surface area contributed by atoms with Crippen molar-refractivity contribution in [3.8, 4) is 0 Å². The second-order valence-electron chi connectivity index (χ2n) is 7.06. The summed E-state index contributed by atoms with van der Waals surface area (Å²) in [5.41, 5.74) is 1.55. The van der Waals surface area contributed by atoms with E-state index in [1.807, 2.05) is 11.3 Å². The molecule has 4 heteroatoms. The molecule has 0 unspecified atom stereocenters. The number of fused-ring (bicyclic) bond motifs is 1.